The highest BCUT2D eigenvalue weighted by molar-refractivity contribution is 7.56. The van der Waals surface area contributed by atoms with Crippen LogP contribution >= 0.6 is 8.38 Å². The van der Waals surface area contributed by atoms with Crippen LogP contribution in [-0.4, -0.2) is 13.0 Å². The van der Waals surface area contributed by atoms with Gasteiger partial charge in [0.25, 0.3) is 0 Å². The van der Waals surface area contributed by atoms with Crippen LogP contribution in [-0.2, 0) is 9.05 Å². The van der Waals surface area contributed by atoms with Gasteiger partial charge in [0.1, 0.15) is 0 Å². The van der Waals surface area contributed by atoms with Crippen molar-refractivity contribution in [2.24, 2.45) is 0 Å². The average Bonchev–Trinajstić information content (AvgIpc) is 2.17. The monoisotopic (exact) mass is 238 g/mol. The molecule has 0 amide bonds. The Bertz CT molecular complexity index is 289. The SMILES string of the molecule is CCOP(OC(F)(F)F)c1ccccc1. The van der Waals surface area contributed by atoms with E-state index in [1.165, 1.54) is 0 Å². The molecule has 0 bridgehead atoms. The van der Waals surface area contributed by atoms with E-state index in [0.717, 1.165) is 0 Å². The second kappa shape index (κ2) is 5.45. The lowest BCUT2D eigenvalue weighted by Gasteiger charge is -2.17. The number of alkyl halides is 3. The molecular weight excluding hydrogens is 228 g/mol. The molecule has 1 rings (SSSR count). The van der Waals surface area contributed by atoms with E-state index in [2.05, 4.69) is 4.52 Å². The van der Waals surface area contributed by atoms with Crippen molar-refractivity contribution in [3.05, 3.63) is 30.3 Å². The molecular formula is C9H10F3O2P. The lowest BCUT2D eigenvalue weighted by molar-refractivity contribution is -0.274. The largest absolute Gasteiger partial charge is 0.527 e. The maximum atomic E-state index is 12.0. The Hall–Kier alpha value is -0.640. The zero-order valence-electron chi connectivity index (χ0n) is 7.99. The summed E-state index contributed by atoms with van der Waals surface area (Å²) in [6, 6.07) is 8.10. The van der Waals surface area contributed by atoms with Crippen LogP contribution in [0.15, 0.2) is 30.3 Å². The Kier molecular flexibility index (Phi) is 4.51. The number of halogens is 3. The third-order valence-electron chi connectivity index (χ3n) is 1.40. The van der Waals surface area contributed by atoms with Crippen molar-refractivity contribution in [1.29, 1.82) is 0 Å². The molecule has 0 radical (unpaired) electrons. The first kappa shape index (κ1) is 12.4. The summed E-state index contributed by atoms with van der Waals surface area (Å²) in [5, 5.41) is 0.409. The van der Waals surface area contributed by atoms with Gasteiger partial charge in [-0.1, -0.05) is 18.2 Å². The molecule has 0 heterocycles. The van der Waals surface area contributed by atoms with Gasteiger partial charge in [-0.05, 0) is 19.1 Å². The van der Waals surface area contributed by atoms with Crippen LogP contribution in [0.1, 0.15) is 6.92 Å². The minimum atomic E-state index is -4.67. The van der Waals surface area contributed by atoms with E-state index in [0.29, 0.717) is 5.30 Å². The van der Waals surface area contributed by atoms with Crippen molar-refractivity contribution < 1.29 is 22.2 Å². The summed E-state index contributed by atoms with van der Waals surface area (Å²) in [5.41, 5.74) is 0. The van der Waals surface area contributed by atoms with Crippen molar-refractivity contribution in [3.63, 3.8) is 0 Å². The van der Waals surface area contributed by atoms with Gasteiger partial charge in [-0.15, -0.1) is 13.2 Å². The van der Waals surface area contributed by atoms with Crippen LogP contribution in [0.2, 0.25) is 0 Å². The lowest BCUT2D eigenvalue weighted by Crippen LogP contribution is -2.15. The molecule has 1 aromatic carbocycles. The molecule has 0 N–H and O–H groups in total. The summed E-state index contributed by atoms with van der Waals surface area (Å²) >= 11 is 0. The van der Waals surface area contributed by atoms with E-state index in [9.17, 15) is 13.2 Å². The number of hydrogen-bond donors (Lipinski definition) is 0. The normalized spacial score (nSPS) is 13.9. The number of hydrogen-bond acceptors (Lipinski definition) is 2. The maximum Gasteiger partial charge on any atom is 0.527 e. The van der Waals surface area contributed by atoms with Crippen molar-refractivity contribution in [1.82, 2.24) is 0 Å². The van der Waals surface area contributed by atoms with Crippen LogP contribution < -0.4 is 5.30 Å². The van der Waals surface area contributed by atoms with E-state index in [1.807, 2.05) is 0 Å². The van der Waals surface area contributed by atoms with Gasteiger partial charge in [0.15, 0.2) is 0 Å². The predicted octanol–water partition coefficient (Wildman–Crippen LogP) is 3.20. The molecule has 15 heavy (non-hydrogen) atoms. The van der Waals surface area contributed by atoms with Gasteiger partial charge in [-0.25, -0.2) is 4.52 Å². The Balaban J connectivity index is 2.75. The first-order valence-corrected chi connectivity index (χ1v) is 5.44. The first-order valence-electron chi connectivity index (χ1n) is 4.27. The van der Waals surface area contributed by atoms with Gasteiger partial charge in [-0.3, -0.25) is 0 Å². The van der Waals surface area contributed by atoms with Crippen LogP contribution in [0.5, 0.6) is 0 Å². The van der Waals surface area contributed by atoms with Crippen molar-refractivity contribution >= 4 is 13.7 Å². The van der Waals surface area contributed by atoms with Crippen molar-refractivity contribution in [3.8, 4) is 0 Å². The number of rotatable bonds is 4. The first-order chi connectivity index (χ1) is 7.03. The van der Waals surface area contributed by atoms with Crippen LogP contribution in [0.3, 0.4) is 0 Å². The summed E-state index contributed by atoms with van der Waals surface area (Å²) in [6.07, 6.45) is -4.67. The van der Waals surface area contributed by atoms with Gasteiger partial charge in [0, 0.05) is 5.30 Å². The highest BCUT2D eigenvalue weighted by Gasteiger charge is 2.35. The van der Waals surface area contributed by atoms with E-state index in [-0.39, 0.29) is 6.61 Å². The highest BCUT2D eigenvalue weighted by atomic mass is 31.2. The van der Waals surface area contributed by atoms with E-state index in [4.69, 9.17) is 4.52 Å². The smallest absolute Gasteiger partial charge is 0.331 e. The summed E-state index contributed by atoms with van der Waals surface area (Å²) in [6.45, 7) is 1.80. The fraction of sp³-hybridized carbons (Fsp3) is 0.333. The van der Waals surface area contributed by atoms with Crippen LogP contribution in [0, 0.1) is 0 Å². The van der Waals surface area contributed by atoms with E-state index < -0.39 is 14.7 Å². The van der Waals surface area contributed by atoms with E-state index >= 15 is 0 Å². The minimum Gasteiger partial charge on any atom is -0.331 e. The standard InChI is InChI=1S/C9H10F3O2P/c1-2-13-15(14-9(10,11)12)8-6-4-3-5-7-8/h3-7H,2H2,1H3. The zero-order valence-corrected chi connectivity index (χ0v) is 8.89. The molecule has 84 valence electrons. The molecule has 0 saturated heterocycles. The minimum absolute atomic E-state index is 0.177. The maximum absolute atomic E-state index is 12.0. The zero-order chi connectivity index (χ0) is 11.3. The molecule has 0 saturated carbocycles. The van der Waals surface area contributed by atoms with Crippen molar-refractivity contribution in [2.75, 3.05) is 6.61 Å². The van der Waals surface area contributed by atoms with E-state index in [1.54, 1.807) is 37.3 Å². The summed E-state index contributed by atoms with van der Waals surface area (Å²) in [5.74, 6) is 0. The van der Waals surface area contributed by atoms with Crippen molar-refractivity contribution in [2.45, 2.75) is 13.3 Å². The summed E-state index contributed by atoms with van der Waals surface area (Å²) < 4.78 is 44.9. The molecule has 0 aliphatic rings. The fourth-order valence-corrected chi connectivity index (χ4v) is 2.06. The average molecular weight is 238 g/mol. The predicted molar refractivity (Wildman–Crippen MR) is 51.8 cm³/mol. The fourth-order valence-electron chi connectivity index (χ4n) is 0.915. The molecule has 1 aromatic rings. The molecule has 6 heteroatoms. The van der Waals surface area contributed by atoms with Gasteiger partial charge in [0.05, 0.1) is 6.61 Å². The van der Waals surface area contributed by atoms with Gasteiger partial charge >= 0.3 is 6.36 Å². The van der Waals surface area contributed by atoms with Crippen LogP contribution in [0.25, 0.3) is 0 Å². The molecule has 0 spiro atoms. The van der Waals surface area contributed by atoms with Gasteiger partial charge in [-0.2, -0.15) is 0 Å². The quantitative estimate of drug-likeness (QED) is 0.750. The number of benzene rings is 1. The topological polar surface area (TPSA) is 18.5 Å². The molecule has 0 aromatic heterocycles. The van der Waals surface area contributed by atoms with Crippen LogP contribution in [0.4, 0.5) is 13.2 Å². The second-order valence-electron chi connectivity index (χ2n) is 2.55. The van der Waals surface area contributed by atoms with Gasteiger partial charge < -0.3 is 4.52 Å². The summed E-state index contributed by atoms with van der Waals surface area (Å²) in [4.78, 5) is 0. The molecule has 0 fully saturated rings. The molecule has 0 aliphatic heterocycles. The van der Waals surface area contributed by atoms with Gasteiger partial charge in [0.2, 0.25) is 8.38 Å². The Labute approximate surface area is 86.9 Å². The Morgan fingerprint density at radius 2 is 1.80 bits per heavy atom. The second-order valence-corrected chi connectivity index (χ2v) is 4.02. The molecule has 1 unspecified atom stereocenters. The third kappa shape index (κ3) is 4.60. The highest BCUT2D eigenvalue weighted by Crippen LogP contribution is 2.43. The molecule has 2 nitrogen and oxygen atoms in total. The molecule has 0 aliphatic carbocycles. The molecule has 1 atom stereocenters. The lowest BCUT2D eigenvalue weighted by atomic mass is 10.4. The Morgan fingerprint density at radius 3 is 2.27 bits per heavy atom. The summed E-state index contributed by atoms with van der Waals surface area (Å²) in [7, 11) is -2.07. The third-order valence-corrected chi connectivity index (χ3v) is 2.99. The Morgan fingerprint density at radius 1 is 1.20 bits per heavy atom.